The molecule has 1 saturated carbocycles. The van der Waals surface area contributed by atoms with Gasteiger partial charge in [0.25, 0.3) is 5.72 Å². The molecule has 0 unspecified atom stereocenters. The van der Waals surface area contributed by atoms with Crippen LogP contribution in [-0.4, -0.2) is 33.6 Å². The first-order valence-electron chi connectivity index (χ1n) is 7.99. The number of alkyl halides is 3. The van der Waals surface area contributed by atoms with Crippen LogP contribution >= 0.6 is 0 Å². The summed E-state index contributed by atoms with van der Waals surface area (Å²) in [5.41, 5.74) is -2.39. The molecule has 0 radical (unpaired) electrons. The third-order valence-corrected chi connectivity index (χ3v) is 4.87. The number of hydrogen-bond donors (Lipinski definition) is 1. The number of amides is 1. The van der Waals surface area contributed by atoms with Crippen molar-refractivity contribution in [3.05, 3.63) is 35.9 Å². The molecule has 0 saturated heterocycles. The Hall–Kier alpha value is -1.89. The van der Waals surface area contributed by atoms with Crippen molar-refractivity contribution in [2.75, 3.05) is 0 Å². The third-order valence-electron chi connectivity index (χ3n) is 4.87. The maximum Gasteiger partial charge on any atom is 0.439 e. The maximum atomic E-state index is 13.7. The number of rotatable bonds is 2. The zero-order valence-electron chi connectivity index (χ0n) is 13.3. The number of aliphatic hydroxyl groups is 1. The zero-order chi connectivity index (χ0) is 17.5. The lowest BCUT2D eigenvalue weighted by Gasteiger charge is -2.39. The quantitative estimate of drug-likeness (QED) is 0.899. The second kappa shape index (κ2) is 5.88. The highest BCUT2D eigenvalue weighted by Gasteiger charge is 2.68. The molecule has 24 heavy (non-hydrogen) atoms. The first kappa shape index (κ1) is 17.0. The van der Waals surface area contributed by atoms with E-state index in [2.05, 4.69) is 5.10 Å². The Morgan fingerprint density at radius 2 is 2.00 bits per heavy atom. The largest absolute Gasteiger partial charge is 0.439 e. The number of nitrogens with zero attached hydrogens (tertiary/aromatic N) is 2. The van der Waals surface area contributed by atoms with E-state index in [1.54, 1.807) is 37.3 Å². The minimum Gasteiger partial charge on any atom is -0.362 e. The van der Waals surface area contributed by atoms with Gasteiger partial charge in [0.15, 0.2) is 0 Å². The Balaban J connectivity index is 1.95. The van der Waals surface area contributed by atoms with Crippen molar-refractivity contribution in [2.24, 2.45) is 16.9 Å². The van der Waals surface area contributed by atoms with Crippen LogP contribution in [0.3, 0.4) is 0 Å². The highest BCUT2D eigenvalue weighted by molar-refractivity contribution is 5.95. The number of hydrazone groups is 1. The fraction of sp³-hybridized carbons (Fsp3) is 0.529. The SMILES string of the molecule is C[C@@H]1CCC[C@H]2C1=NN(C(=O)Cc1ccccc1)[C@]2(O)C(F)(F)F. The normalized spacial score (nSPS) is 30.0. The summed E-state index contributed by atoms with van der Waals surface area (Å²) < 4.78 is 41.0. The van der Waals surface area contributed by atoms with Crippen molar-refractivity contribution >= 4 is 11.6 Å². The predicted molar refractivity (Wildman–Crippen MR) is 81.9 cm³/mol. The molecule has 3 atom stereocenters. The van der Waals surface area contributed by atoms with Crippen LogP contribution in [0, 0.1) is 11.8 Å². The van der Waals surface area contributed by atoms with E-state index in [9.17, 15) is 23.1 Å². The van der Waals surface area contributed by atoms with Gasteiger partial charge in [-0.05, 0) is 24.3 Å². The molecule has 0 aromatic heterocycles. The Morgan fingerprint density at radius 3 is 2.62 bits per heavy atom. The smallest absolute Gasteiger partial charge is 0.362 e. The summed E-state index contributed by atoms with van der Waals surface area (Å²) in [5.74, 6) is -2.21. The van der Waals surface area contributed by atoms with Crippen LogP contribution in [0.15, 0.2) is 35.4 Å². The van der Waals surface area contributed by atoms with Crippen LogP contribution in [0.1, 0.15) is 31.7 Å². The van der Waals surface area contributed by atoms with Crippen LogP contribution < -0.4 is 0 Å². The molecule has 1 aromatic carbocycles. The van der Waals surface area contributed by atoms with E-state index >= 15 is 0 Å². The van der Waals surface area contributed by atoms with Gasteiger partial charge in [0, 0.05) is 5.71 Å². The molecule has 3 rings (SSSR count). The summed E-state index contributed by atoms with van der Waals surface area (Å²) in [5, 5.41) is 14.7. The third kappa shape index (κ3) is 2.60. The van der Waals surface area contributed by atoms with Gasteiger partial charge in [-0.15, -0.1) is 0 Å². The van der Waals surface area contributed by atoms with Crippen LogP contribution in [-0.2, 0) is 11.2 Å². The fourth-order valence-electron chi connectivity index (χ4n) is 3.59. The fourth-order valence-corrected chi connectivity index (χ4v) is 3.59. The van der Waals surface area contributed by atoms with Gasteiger partial charge >= 0.3 is 6.18 Å². The average molecular weight is 340 g/mol. The van der Waals surface area contributed by atoms with Crippen molar-refractivity contribution < 1.29 is 23.1 Å². The van der Waals surface area contributed by atoms with Crippen LogP contribution in [0.5, 0.6) is 0 Å². The summed E-state index contributed by atoms with van der Waals surface area (Å²) in [7, 11) is 0. The van der Waals surface area contributed by atoms with Crippen molar-refractivity contribution in [3.8, 4) is 0 Å². The standard InChI is InChI=1S/C17H19F3N2O2/c1-11-6-5-9-13-15(11)21-22(16(13,24)17(18,19)20)14(23)10-12-7-3-2-4-8-12/h2-4,7-8,11,13,24H,5-6,9-10H2,1H3/t11-,13+,16-/m1/s1. The molecule has 1 N–H and O–H groups in total. The topological polar surface area (TPSA) is 52.9 Å². The van der Waals surface area contributed by atoms with Crippen LogP contribution in [0.25, 0.3) is 0 Å². The molecule has 1 heterocycles. The molecule has 0 bridgehead atoms. The Labute approximate surface area is 138 Å². The molecule has 7 heteroatoms. The van der Waals surface area contributed by atoms with Crippen molar-refractivity contribution in [1.82, 2.24) is 5.01 Å². The second-order valence-corrected chi connectivity index (χ2v) is 6.50. The second-order valence-electron chi connectivity index (χ2n) is 6.50. The van der Waals surface area contributed by atoms with Gasteiger partial charge in [-0.2, -0.15) is 23.3 Å². The molecular weight excluding hydrogens is 321 g/mol. The lowest BCUT2D eigenvalue weighted by Crippen LogP contribution is -2.62. The predicted octanol–water partition coefficient (Wildman–Crippen LogP) is 3.11. The minimum absolute atomic E-state index is 0.174. The Bertz CT molecular complexity index is 660. The maximum absolute atomic E-state index is 13.7. The summed E-state index contributed by atoms with van der Waals surface area (Å²) >= 11 is 0. The van der Waals surface area contributed by atoms with E-state index in [0.29, 0.717) is 18.4 Å². The summed E-state index contributed by atoms with van der Waals surface area (Å²) in [6.45, 7) is 1.78. The molecule has 1 amide bonds. The highest BCUT2D eigenvalue weighted by atomic mass is 19.4. The van der Waals surface area contributed by atoms with E-state index in [1.807, 2.05) is 0 Å². The number of hydrogen-bond acceptors (Lipinski definition) is 3. The van der Waals surface area contributed by atoms with E-state index < -0.39 is 23.7 Å². The van der Waals surface area contributed by atoms with Crippen molar-refractivity contribution in [3.63, 3.8) is 0 Å². The van der Waals surface area contributed by atoms with Crippen molar-refractivity contribution in [1.29, 1.82) is 0 Å². The number of fused-ring (bicyclic) bond motifs is 1. The molecule has 0 spiro atoms. The Morgan fingerprint density at radius 1 is 1.33 bits per heavy atom. The lowest BCUT2D eigenvalue weighted by molar-refractivity contribution is -0.317. The molecule has 1 aromatic rings. The molecule has 130 valence electrons. The van der Waals surface area contributed by atoms with Gasteiger partial charge in [0.1, 0.15) is 0 Å². The molecule has 1 aliphatic heterocycles. The Kier molecular flexibility index (Phi) is 4.15. The zero-order valence-corrected chi connectivity index (χ0v) is 13.3. The van der Waals surface area contributed by atoms with E-state index in [1.165, 1.54) is 0 Å². The number of carbonyl (C=O) groups excluding carboxylic acids is 1. The van der Waals surface area contributed by atoms with E-state index in [0.717, 1.165) is 0 Å². The molecule has 4 nitrogen and oxygen atoms in total. The van der Waals surface area contributed by atoms with Gasteiger partial charge in [0.05, 0.1) is 12.3 Å². The molecule has 2 aliphatic rings. The number of benzene rings is 1. The highest BCUT2D eigenvalue weighted by Crippen LogP contribution is 2.49. The summed E-state index contributed by atoms with van der Waals surface area (Å²) in [6, 6.07) is 8.48. The number of carbonyl (C=O) groups is 1. The van der Waals surface area contributed by atoms with Crippen LogP contribution in [0.2, 0.25) is 0 Å². The summed E-state index contributed by atoms with van der Waals surface area (Å²) in [4.78, 5) is 12.5. The van der Waals surface area contributed by atoms with Gasteiger partial charge in [-0.3, -0.25) is 4.79 Å². The first-order valence-corrected chi connectivity index (χ1v) is 7.99. The van der Waals surface area contributed by atoms with E-state index in [4.69, 9.17) is 0 Å². The van der Waals surface area contributed by atoms with Crippen LogP contribution in [0.4, 0.5) is 13.2 Å². The monoisotopic (exact) mass is 340 g/mol. The van der Waals surface area contributed by atoms with Crippen molar-refractivity contribution in [2.45, 2.75) is 44.5 Å². The lowest BCUT2D eigenvalue weighted by atomic mass is 9.75. The summed E-state index contributed by atoms with van der Waals surface area (Å²) in [6.07, 6.45) is -3.74. The average Bonchev–Trinajstić information content (AvgIpc) is 2.84. The first-order chi connectivity index (χ1) is 11.2. The van der Waals surface area contributed by atoms with Gasteiger partial charge in [0.2, 0.25) is 5.91 Å². The number of halogens is 3. The molecule has 1 aliphatic carbocycles. The van der Waals surface area contributed by atoms with Gasteiger partial charge in [-0.1, -0.05) is 43.7 Å². The van der Waals surface area contributed by atoms with E-state index in [-0.39, 0.29) is 29.5 Å². The molecule has 1 fully saturated rings. The molecular formula is C17H19F3N2O2. The van der Waals surface area contributed by atoms with Gasteiger partial charge < -0.3 is 5.11 Å². The van der Waals surface area contributed by atoms with Gasteiger partial charge in [-0.25, -0.2) is 0 Å². The minimum atomic E-state index is -4.97.